The Morgan fingerprint density at radius 2 is 2.05 bits per heavy atom. The van der Waals surface area contributed by atoms with Crippen LogP contribution in [0.4, 0.5) is 0 Å². The van der Waals surface area contributed by atoms with Gasteiger partial charge in [0.25, 0.3) is 5.56 Å². The zero-order valence-corrected chi connectivity index (χ0v) is 10.3. The Bertz CT molecular complexity index is 952. The van der Waals surface area contributed by atoms with Crippen molar-refractivity contribution in [1.82, 2.24) is 15.0 Å². The summed E-state index contributed by atoms with van der Waals surface area (Å²) in [6.45, 7) is 0. The van der Waals surface area contributed by atoms with Crippen LogP contribution in [0.15, 0.2) is 58.0 Å². The molecule has 3 heterocycles. The molecule has 3 aromatic heterocycles. The predicted octanol–water partition coefficient (Wildman–Crippen LogP) is 2.73. The van der Waals surface area contributed by atoms with Crippen molar-refractivity contribution >= 4 is 21.9 Å². The highest BCUT2D eigenvalue weighted by Crippen LogP contribution is 2.25. The lowest BCUT2D eigenvalue weighted by atomic mass is 10.2. The van der Waals surface area contributed by atoms with Crippen LogP contribution in [0.2, 0.25) is 0 Å². The molecule has 0 unspecified atom stereocenters. The third-order valence-electron chi connectivity index (χ3n) is 3.17. The largest absolute Gasteiger partial charge is 0.453 e. The zero-order valence-electron chi connectivity index (χ0n) is 10.3. The van der Waals surface area contributed by atoms with E-state index >= 15 is 0 Å². The normalized spacial score (nSPS) is 11.2. The quantitative estimate of drug-likeness (QED) is 0.573. The van der Waals surface area contributed by atoms with Gasteiger partial charge in [-0.1, -0.05) is 18.2 Å². The SMILES string of the molecule is O=c1[nH]c(-c2cc3ccccc3o2)nc2cnccc12. The van der Waals surface area contributed by atoms with E-state index in [1.54, 1.807) is 18.5 Å². The Morgan fingerprint density at radius 3 is 2.95 bits per heavy atom. The molecule has 4 aromatic rings. The standard InChI is InChI=1S/C15H9N3O2/c19-15-10-5-6-16-8-11(10)17-14(18-15)13-7-9-3-1-2-4-12(9)20-13/h1-8H,(H,17,18,19). The van der Waals surface area contributed by atoms with Gasteiger partial charge >= 0.3 is 0 Å². The molecule has 0 fully saturated rings. The third-order valence-corrected chi connectivity index (χ3v) is 3.17. The number of H-pyrrole nitrogens is 1. The maximum atomic E-state index is 12.0. The number of hydrogen-bond donors (Lipinski definition) is 1. The lowest BCUT2D eigenvalue weighted by molar-refractivity contribution is 0.625. The topological polar surface area (TPSA) is 71.8 Å². The van der Waals surface area contributed by atoms with E-state index < -0.39 is 0 Å². The molecule has 0 atom stereocenters. The van der Waals surface area contributed by atoms with E-state index in [-0.39, 0.29) is 5.56 Å². The van der Waals surface area contributed by atoms with Crippen molar-refractivity contribution in [1.29, 1.82) is 0 Å². The summed E-state index contributed by atoms with van der Waals surface area (Å²) in [5.41, 5.74) is 1.11. The van der Waals surface area contributed by atoms with Crippen LogP contribution < -0.4 is 5.56 Å². The number of aromatic amines is 1. The van der Waals surface area contributed by atoms with Crippen LogP contribution in [0.3, 0.4) is 0 Å². The van der Waals surface area contributed by atoms with Crippen molar-refractivity contribution in [2.24, 2.45) is 0 Å². The Hall–Kier alpha value is -2.95. The van der Waals surface area contributed by atoms with Crippen LogP contribution in [0.25, 0.3) is 33.5 Å². The van der Waals surface area contributed by atoms with Crippen LogP contribution in [0.5, 0.6) is 0 Å². The van der Waals surface area contributed by atoms with E-state index in [1.807, 2.05) is 30.3 Å². The summed E-state index contributed by atoms with van der Waals surface area (Å²) < 4.78 is 5.70. The van der Waals surface area contributed by atoms with E-state index in [0.717, 1.165) is 11.0 Å². The number of para-hydroxylation sites is 1. The maximum absolute atomic E-state index is 12.0. The molecule has 0 aliphatic rings. The minimum atomic E-state index is -0.201. The number of aromatic nitrogens is 3. The molecule has 0 aliphatic carbocycles. The molecule has 0 aliphatic heterocycles. The lowest BCUT2D eigenvalue weighted by Gasteiger charge is -1.99. The summed E-state index contributed by atoms with van der Waals surface area (Å²) in [6, 6.07) is 11.2. The average Bonchev–Trinajstić information content (AvgIpc) is 2.91. The Balaban J connectivity index is 1.99. The highest BCUT2D eigenvalue weighted by Gasteiger charge is 2.10. The number of pyridine rings is 1. The van der Waals surface area contributed by atoms with Crippen LogP contribution in [0.1, 0.15) is 0 Å². The van der Waals surface area contributed by atoms with E-state index in [1.165, 1.54) is 0 Å². The fourth-order valence-corrected chi connectivity index (χ4v) is 2.21. The number of fused-ring (bicyclic) bond motifs is 2. The van der Waals surface area contributed by atoms with E-state index in [4.69, 9.17) is 4.42 Å². The van der Waals surface area contributed by atoms with Gasteiger partial charge in [0, 0.05) is 11.6 Å². The smallest absolute Gasteiger partial charge is 0.259 e. The summed E-state index contributed by atoms with van der Waals surface area (Å²) in [5, 5.41) is 1.48. The molecular formula is C15H9N3O2. The van der Waals surface area contributed by atoms with Crippen LogP contribution in [0, 0.1) is 0 Å². The summed E-state index contributed by atoms with van der Waals surface area (Å²) >= 11 is 0. The van der Waals surface area contributed by atoms with Gasteiger partial charge in [0.2, 0.25) is 0 Å². The maximum Gasteiger partial charge on any atom is 0.259 e. The summed E-state index contributed by atoms with van der Waals surface area (Å²) in [7, 11) is 0. The molecule has 20 heavy (non-hydrogen) atoms. The number of furan rings is 1. The summed E-state index contributed by atoms with van der Waals surface area (Å²) in [4.78, 5) is 23.1. The van der Waals surface area contributed by atoms with E-state index in [2.05, 4.69) is 15.0 Å². The second-order valence-electron chi connectivity index (χ2n) is 4.46. The van der Waals surface area contributed by atoms with Gasteiger partial charge in [0.05, 0.1) is 17.1 Å². The van der Waals surface area contributed by atoms with Gasteiger partial charge < -0.3 is 9.40 Å². The number of nitrogens with zero attached hydrogens (tertiary/aromatic N) is 2. The molecule has 0 radical (unpaired) electrons. The molecular weight excluding hydrogens is 254 g/mol. The summed E-state index contributed by atoms with van der Waals surface area (Å²) in [6.07, 6.45) is 3.14. The minimum absolute atomic E-state index is 0.201. The van der Waals surface area contributed by atoms with E-state index in [9.17, 15) is 4.79 Å². The van der Waals surface area contributed by atoms with Crippen molar-refractivity contribution in [2.75, 3.05) is 0 Å². The minimum Gasteiger partial charge on any atom is -0.453 e. The highest BCUT2D eigenvalue weighted by atomic mass is 16.3. The molecule has 0 saturated carbocycles. The van der Waals surface area contributed by atoms with Gasteiger partial charge in [-0.2, -0.15) is 0 Å². The second kappa shape index (κ2) is 4.03. The predicted molar refractivity (Wildman–Crippen MR) is 75.4 cm³/mol. The molecule has 1 N–H and O–H groups in total. The average molecular weight is 263 g/mol. The third kappa shape index (κ3) is 1.60. The molecule has 0 amide bonds. The van der Waals surface area contributed by atoms with Crippen molar-refractivity contribution in [3.8, 4) is 11.6 Å². The van der Waals surface area contributed by atoms with Gasteiger partial charge in [-0.15, -0.1) is 0 Å². The van der Waals surface area contributed by atoms with E-state index in [0.29, 0.717) is 22.5 Å². The molecule has 0 saturated heterocycles. The molecule has 96 valence electrons. The summed E-state index contributed by atoms with van der Waals surface area (Å²) in [5.74, 6) is 0.945. The van der Waals surface area contributed by atoms with Gasteiger partial charge in [0.15, 0.2) is 11.6 Å². The first-order valence-electron chi connectivity index (χ1n) is 6.14. The van der Waals surface area contributed by atoms with Gasteiger partial charge in [-0.3, -0.25) is 9.78 Å². The van der Waals surface area contributed by atoms with Crippen molar-refractivity contribution in [2.45, 2.75) is 0 Å². The van der Waals surface area contributed by atoms with Gasteiger partial charge in [-0.25, -0.2) is 4.98 Å². The Kier molecular flexibility index (Phi) is 2.20. The second-order valence-corrected chi connectivity index (χ2v) is 4.46. The number of hydrogen-bond acceptors (Lipinski definition) is 4. The van der Waals surface area contributed by atoms with Crippen LogP contribution in [-0.4, -0.2) is 15.0 Å². The molecule has 4 rings (SSSR count). The van der Waals surface area contributed by atoms with Crippen LogP contribution >= 0.6 is 0 Å². The Labute approximate surface area is 112 Å². The van der Waals surface area contributed by atoms with Crippen LogP contribution in [-0.2, 0) is 0 Å². The Morgan fingerprint density at radius 1 is 1.15 bits per heavy atom. The number of rotatable bonds is 1. The van der Waals surface area contributed by atoms with Crippen molar-refractivity contribution < 1.29 is 4.42 Å². The highest BCUT2D eigenvalue weighted by molar-refractivity contribution is 5.83. The van der Waals surface area contributed by atoms with Crippen molar-refractivity contribution in [3.63, 3.8) is 0 Å². The van der Waals surface area contributed by atoms with Crippen molar-refractivity contribution in [3.05, 3.63) is 59.1 Å². The monoisotopic (exact) mass is 263 g/mol. The molecule has 5 nitrogen and oxygen atoms in total. The number of benzene rings is 1. The molecule has 0 spiro atoms. The lowest BCUT2D eigenvalue weighted by Crippen LogP contribution is -2.09. The molecule has 1 aromatic carbocycles. The fourth-order valence-electron chi connectivity index (χ4n) is 2.21. The zero-order chi connectivity index (χ0) is 13.5. The van der Waals surface area contributed by atoms with Gasteiger partial charge in [-0.05, 0) is 18.2 Å². The first-order chi connectivity index (χ1) is 9.81. The number of nitrogens with one attached hydrogen (secondary N) is 1. The van der Waals surface area contributed by atoms with Gasteiger partial charge in [0.1, 0.15) is 5.58 Å². The first-order valence-corrected chi connectivity index (χ1v) is 6.14. The fraction of sp³-hybridized carbons (Fsp3) is 0. The molecule has 5 heteroatoms. The first kappa shape index (κ1) is 10.9. The molecule has 0 bridgehead atoms.